The van der Waals surface area contributed by atoms with E-state index in [0.717, 1.165) is 11.0 Å². The zero-order chi connectivity index (χ0) is 9.26. The monoisotopic (exact) mass is 257 g/mol. The highest BCUT2D eigenvalue weighted by Crippen LogP contribution is 2.31. The van der Waals surface area contributed by atoms with Gasteiger partial charge < -0.3 is 5.32 Å². The highest BCUT2D eigenvalue weighted by Gasteiger charge is 2.14. The molecule has 0 radical (unpaired) electrons. The third-order valence-electron chi connectivity index (χ3n) is 2.06. The van der Waals surface area contributed by atoms with Gasteiger partial charge in [-0.1, -0.05) is 45.7 Å². The Morgan fingerprint density at radius 2 is 2.15 bits per heavy atom. The molecule has 1 aromatic rings. The predicted octanol–water partition coefficient (Wildman–Crippen LogP) is 3.46. The fourth-order valence-corrected chi connectivity index (χ4v) is 2.22. The summed E-state index contributed by atoms with van der Waals surface area (Å²) < 4.78 is 0. The molecular weight excluding hydrogens is 249 g/mol. The van der Waals surface area contributed by atoms with Crippen molar-refractivity contribution >= 4 is 38.8 Å². The molecular formula is C10H9BrClN. The standard InChI is InChI=1S/C10H9BrClN/c11-6-7-5-10(12)13-9-4-2-1-3-8(7)9/h1-5,10,13H,6H2. The Morgan fingerprint density at radius 3 is 2.92 bits per heavy atom. The van der Waals surface area contributed by atoms with Crippen molar-refractivity contribution in [1.29, 1.82) is 0 Å². The summed E-state index contributed by atoms with van der Waals surface area (Å²) in [5.41, 5.74) is 3.49. The summed E-state index contributed by atoms with van der Waals surface area (Å²) >= 11 is 9.46. The molecule has 1 aliphatic heterocycles. The van der Waals surface area contributed by atoms with Crippen LogP contribution in [0.5, 0.6) is 0 Å². The maximum absolute atomic E-state index is 6.01. The summed E-state index contributed by atoms with van der Waals surface area (Å²) in [5, 5.41) is 4.03. The molecule has 0 saturated heterocycles. The Labute approximate surface area is 90.9 Å². The molecule has 1 atom stereocenters. The van der Waals surface area contributed by atoms with Crippen molar-refractivity contribution in [3.63, 3.8) is 0 Å². The van der Waals surface area contributed by atoms with E-state index in [1.54, 1.807) is 0 Å². The van der Waals surface area contributed by atoms with E-state index in [-0.39, 0.29) is 5.50 Å². The van der Waals surface area contributed by atoms with Crippen LogP contribution in [0.4, 0.5) is 5.69 Å². The van der Waals surface area contributed by atoms with Crippen LogP contribution in [-0.2, 0) is 0 Å². The molecule has 1 aliphatic rings. The lowest BCUT2D eigenvalue weighted by molar-refractivity contribution is 1.20. The van der Waals surface area contributed by atoms with Crippen LogP contribution >= 0.6 is 27.5 Å². The van der Waals surface area contributed by atoms with Gasteiger partial charge in [-0.3, -0.25) is 0 Å². The Morgan fingerprint density at radius 1 is 1.38 bits per heavy atom. The summed E-state index contributed by atoms with van der Waals surface area (Å²) in [6.07, 6.45) is 2.03. The fraction of sp³-hybridized carbons (Fsp3) is 0.200. The van der Waals surface area contributed by atoms with E-state index < -0.39 is 0 Å². The van der Waals surface area contributed by atoms with Gasteiger partial charge in [-0.25, -0.2) is 0 Å². The van der Waals surface area contributed by atoms with Crippen molar-refractivity contribution in [1.82, 2.24) is 0 Å². The van der Waals surface area contributed by atoms with E-state index in [1.165, 1.54) is 11.1 Å². The summed E-state index contributed by atoms with van der Waals surface area (Å²) in [6.45, 7) is 0. The van der Waals surface area contributed by atoms with Gasteiger partial charge in [0.2, 0.25) is 0 Å². The smallest absolute Gasteiger partial charge is 0.121 e. The Kier molecular flexibility index (Phi) is 2.61. The zero-order valence-corrected chi connectivity index (χ0v) is 9.27. The zero-order valence-electron chi connectivity index (χ0n) is 6.93. The van der Waals surface area contributed by atoms with Crippen molar-refractivity contribution in [3.05, 3.63) is 35.9 Å². The Hall–Kier alpha value is -0.470. The number of hydrogen-bond donors (Lipinski definition) is 1. The van der Waals surface area contributed by atoms with Crippen molar-refractivity contribution in [2.75, 3.05) is 10.6 Å². The molecule has 68 valence electrons. The van der Waals surface area contributed by atoms with Crippen molar-refractivity contribution in [3.8, 4) is 0 Å². The SMILES string of the molecule is ClC1C=C(CBr)c2ccccc2N1. The first-order valence-corrected chi connectivity index (χ1v) is 5.63. The molecule has 13 heavy (non-hydrogen) atoms. The van der Waals surface area contributed by atoms with Gasteiger partial charge in [0.05, 0.1) is 0 Å². The second kappa shape index (κ2) is 3.72. The number of anilines is 1. The molecule has 3 heteroatoms. The van der Waals surface area contributed by atoms with Gasteiger partial charge >= 0.3 is 0 Å². The molecule has 0 aromatic heterocycles. The Balaban J connectivity index is 2.49. The molecule has 1 aromatic carbocycles. The summed E-state index contributed by atoms with van der Waals surface area (Å²) in [6, 6.07) is 8.18. The normalized spacial score (nSPS) is 20.2. The van der Waals surface area contributed by atoms with Crippen LogP contribution in [0.25, 0.3) is 5.57 Å². The van der Waals surface area contributed by atoms with Crippen LogP contribution in [0.15, 0.2) is 30.3 Å². The van der Waals surface area contributed by atoms with Crippen LogP contribution in [0.2, 0.25) is 0 Å². The first kappa shape index (κ1) is 9.10. The summed E-state index contributed by atoms with van der Waals surface area (Å²) in [4.78, 5) is 0. The molecule has 1 nitrogen and oxygen atoms in total. The topological polar surface area (TPSA) is 12.0 Å². The number of para-hydroxylation sites is 1. The van der Waals surface area contributed by atoms with Crippen LogP contribution in [0.1, 0.15) is 5.56 Å². The summed E-state index contributed by atoms with van der Waals surface area (Å²) in [5.74, 6) is 0. The number of allylic oxidation sites excluding steroid dienone is 1. The second-order valence-electron chi connectivity index (χ2n) is 2.92. The number of fused-ring (bicyclic) bond motifs is 1. The second-order valence-corrected chi connectivity index (χ2v) is 3.95. The first-order chi connectivity index (χ1) is 6.31. The van der Waals surface area contributed by atoms with Crippen molar-refractivity contribution < 1.29 is 0 Å². The molecule has 1 N–H and O–H groups in total. The highest BCUT2D eigenvalue weighted by molar-refractivity contribution is 9.09. The lowest BCUT2D eigenvalue weighted by Crippen LogP contribution is -2.15. The largest absolute Gasteiger partial charge is 0.366 e. The average molecular weight is 259 g/mol. The van der Waals surface area contributed by atoms with Gasteiger partial charge in [0.25, 0.3) is 0 Å². The maximum atomic E-state index is 6.01. The van der Waals surface area contributed by atoms with E-state index in [4.69, 9.17) is 11.6 Å². The van der Waals surface area contributed by atoms with Crippen LogP contribution in [0, 0.1) is 0 Å². The number of hydrogen-bond acceptors (Lipinski definition) is 1. The van der Waals surface area contributed by atoms with Gasteiger partial charge in [-0.05, 0) is 17.7 Å². The number of alkyl halides is 2. The third-order valence-corrected chi connectivity index (χ3v) is 2.90. The van der Waals surface area contributed by atoms with E-state index in [9.17, 15) is 0 Å². The minimum atomic E-state index is -0.0950. The third kappa shape index (κ3) is 1.74. The average Bonchev–Trinajstić information content (AvgIpc) is 2.16. The molecule has 0 saturated carbocycles. The van der Waals surface area contributed by atoms with E-state index in [2.05, 4.69) is 27.3 Å². The van der Waals surface area contributed by atoms with Gasteiger partial charge in [0.1, 0.15) is 5.50 Å². The van der Waals surface area contributed by atoms with Crippen molar-refractivity contribution in [2.24, 2.45) is 0 Å². The molecule has 1 heterocycles. The van der Waals surface area contributed by atoms with E-state index >= 15 is 0 Å². The molecule has 0 bridgehead atoms. The molecule has 0 spiro atoms. The number of nitrogens with one attached hydrogen (secondary N) is 1. The Bertz CT molecular complexity index is 349. The highest BCUT2D eigenvalue weighted by atomic mass is 79.9. The first-order valence-electron chi connectivity index (χ1n) is 4.08. The maximum Gasteiger partial charge on any atom is 0.121 e. The number of benzene rings is 1. The molecule has 0 fully saturated rings. The molecule has 2 rings (SSSR count). The van der Waals surface area contributed by atoms with Gasteiger partial charge in [0.15, 0.2) is 0 Å². The summed E-state index contributed by atoms with van der Waals surface area (Å²) in [7, 11) is 0. The molecule has 0 aliphatic carbocycles. The van der Waals surface area contributed by atoms with Crippen LogP contribution in [-0.4, -0.2) is 10.8 Å². The minimum Gasteiger partial charge on any atom is -0.366 e. The number of rotatable bonds is 1. The number of halogens is 2. The minimum absolute atomic E-state index is 0.0950. The quantitative estimate of drug-likeness (QED) is 0.601. The van der Waals surface area contributed by atoms with Gasteiger partial charge in [-0.15, -0.1) is 0 Å². The van der Waals surface area contributed by atoms with E-state index in [1.807, 2.05) is 24.3 Å². The fourth-order valence-electron chi connectivity index (χ4n) is 1.46. The predicted molar refractivity (Wildman–Crippen MR) is 61.5 cm³/mol. The lowest BCUT2D eigenvalue weighted by Gasteiger charge is -2.21. The van der Waals surface area contributed by atoms with Crippen molar-refractivity contribution in [2.45, 2.75) is 5.50 Å². The molecule has 1 unspecified atom stereocenters. The van der Waals surface area contributed by atoms with Crippen LogP contribution < -0.4 is 5.32 Å². The van der Waals surface area contributed by atoms with E-state index in [0.29, 0.717) is 0 Å². The van der Waals surface area contributed by atoms with Gasteiger partial charge in [0, 0.05) is 16.6 Å². The van der Waals surface area contributed by atoms with Crippen LogP contribution in [0.3, 0.4) is 0 Å². The van der Waals surface area contributed by atoms with Gasteiger partial charge in [-0.2, -0.15) is 0 Å². The lowest BCUT2D eigenvalue weighted by atomic mass is 10.0. The molecule has 0 amide bonds.